The van der Waals surface area contributed by atoms with Gasteiger partial charge >= 0.3 is 6.18 Å². The minimum Gasteiger partial charge on any atom is -0.299 e. The standard InChI is InChI=1S/C23H28F3N3/c24-23(25,26)22-15-21(29(22)17-20-9-5-2-6-10-20)18-28-13-11-27(12-14-28)16-19-7-3-1-4-8-19/h1-10,21-22H,11-18H2/t21-,22+/m0/s1. The number of rotatable bonds is 6. The normalized spacial score (nSPS) is 24.4. The lowest BCUT2D eigenvalue weighted by Gasteiger charge is -2.51. The SMILES string of the molecule is FC(F)(F)[C@H]1C[C@@H](CN2CCN(Cc3ccccc3)CC2)N1Cc1ccccc1. The van der Waals surface area contributed by atoms with Gasteiger partial charge in [-0.15, -0.1) is 0 Å². The van der Waals surface area contributed by atoms with Gasteiger partial charge in [-0.3, -0.25) is 14.7 Å². The lowest BCUT2D eigenvalue weighted by atomic mass is 9.90. The molecule has 4 rings (SSSR count). The van der Waals surface area contributed by atoms with Crippen LogP contribution in [0.25, 0.3) is 0 Å². The van der Waals surface area contributed by atoms with E-state index in [1.54, 1.807) is 4.90 Å². The van der Waals surface area contributed by atoms with Crippen molar-refractivity contribution in [1.82, 2.24) is 14.7 Å². The third kappa shape index (κ3) is 5.18. The molecule has 2 aromatic carbocycles. The van der Waals surface area contributed by atoms with Crippen molar-refractivity contribution in [2.75, 3.05) is 32.7 Å². The van der Waals surface area contributed by atoms with Gasteiger partial charge in [0.15, 0.2) is 0 Å². The molecule has 2 fully saturated rings. The van der Waals surface area contributed by atoms with Crippen molar-refractivity contribution in [3.63, 3.8) is 0 Å². The average Bonchev–Trinajstić information content (AvgIpc) is 2.71. The lowest BCUT2D eigenvalue weighted by molar-refractivity contribution is -0.230. The van der Waals surface area contributed by atoms with Gasteiger partial charge in [0, 0.05) is 51.9 Å². The molecule has 0 N–H and O–H groups in total. The summed E-state index contributed by atoms with van der Waals surface area (Å²) < 4.78 is 40.2. The van der Waals surface area contributed by atoms with E-state index in [2.05, 4.69) is 34.1 Å². The molecule has 156 valence electrons. The zero-order chi connectivity index (χ0) is 20.3. The number of alkyl halides is 3. The Morgan fingerprint density at radius 2 is 1.24 bits per heavy atom. The molecular formula is C23H28F3N3. The van der Waals surface area contributed by atoms with Gasteiger partial charge in [0.05, 0.1) is 0 Å². The second kappa shape index (κ2) is 8.86. The second-order valence-electron chi connectivity index (χ2n) is 8.17. The smallest absolute Gasteiger partial charge is 0.299 e. The molecule has 0 radical (unpaired) electrons. The molecule has 29 heavy (non-hydrogen) atoms. The maximum Gasteiger partial charge on any atom is 0.404 e. The zero-order valence-electron chi connectivity index (χ0n) is 16.6. The van der Waals surface area contributed by atoms with Crippen LogP contribution in [0.15, 0.2) is 60.7 Å². The van der Waals surface area contributed by atoms with E-state index >= 15 is 0 Å². The second-order valence-corrected chi connectivity index (χ2v) is 8.17. The van der Waals surface area contributed by atoms with Crippen LogP contribution in [0.2, 0.25) is 0 Å². The Hall–Kier alpha value is -1.89. The molecule has 2 aromatic rings. The summed E-state index contributed by atoms with van der Waals surface area (Å²) in [5.74, 6) is 0. The number of hydrogen-bond acceptors (Lipinski definition) is 3. The van der Waals surface area contributed by atoms with Crippen LogP contribution < -0.4 is 0 Å². The fourth-order valence-corrected chi connectivity index (χ4v) is 4.45. The minimum atomic E-state index is -4.15. The molecule has 3 nitrogen and oxygen atoms in total. The number of hydrogen-bond donors (Lipinski definition) is 0. The molecule has 6 heteroatoms. The highest BCUT2D eigenvalue weighted by atomic mass is 19.4. The molecule has 0 aromatic heterocycles. The number of piperazine rings is 1. The van der Waals surface area contributed by atoms with Crippen LogP contribution in [0.5, 0.6) is 0 Å². The Bertz CT molecular complexity index is 758. The van der Waals surface area contributed by atoms with Gasteiger partial charge in [-0.25, -0.2) is 0 Å². The summed E-state index contributed by atoms with van der Waals surface area (Å²) in [6.45, 7) is 5.78. The summed E-state index contributed by atoms with van der Waals surface area (Å²) in [5, 5.41) is 0. The lowest BCUT2D eigenvalue weighted by Crippen LogP contribution is -2.65. The van der Waals surface area contributed by atoms with Crippen molar-refractivity contribution in [3.05, 3.63) is 71.8 Å². The molecule has 2 saturated heterocycles. The maximum atomic E-state index is 13.4. The monoisotopic (exact) mass is 403 g/mol. The molecular weight excluding hydrogens is 375 g/mol. The van der Waals surface area contributed by atoms with Gasteiger partial charge in [0.1, 0.15) is 6.04 Å². The highest BCUT2D eigenvalue weighted by molar-refractivity contribution is 5.16. The predicted octanol–water partition coefficient (Wildman–Crippen LogP) is 4.01. The first-order valence-corrected chi connectivity index (χ1v) is 10.3. The number of nitrogens with zero attached hydrogens (tertiary/aromatic N) is 3. The van der Waals surface area contributed by atoms with E-state index in [1.807, 2.05) is 36.4 Å². The van der Waals surface area contributed by atoms with Crippen LogP contribution in [-0.2, 0) is 13.1 Å². The number of benzene rings is 2. The van der Waals surface area contributed by atoms with E-state index in [0.717, 1.165) is 44.8 Å². The van der Waals surface area contributed by atoms with Crippen LogP contribution in [0.1, 0.15) is 17.5 Å². The molecule has 2 aliphatic heterocycles. The van der Waals surface area contributed by atoms with E-state index in [0.29, 0.717) is 6.54 Å². The quantitative estimate of drug-likeness (QED) is 0.722. The van der Waals surface area contributed by atoms with E-state index < -0.39 is 12.2 Å². The Kier molecular flexibility index (Phi) is 6.23. The Morgan fingerprint density at radius 3 is 1.79 bits per heavy atom. The first-order chi connectivity index (χ1) is 14.0. The first kappa shape index (κ1) is 20.4. The van der Waals surface area contributed by atoms with Crippen molar-refractivity contribution in [2.45, 2.75) is 37.8 Å². The molecule has 0 bridgehead atoms. The highest BCUT2D eigenvalue weighted by Gasteiger charge is 2.53. The van der Waals surface area contributed by atoms with Gasteiger partial charge in [-0.05, 0) is 17.5 Å². The third-order valence-electron chi connectivity index (χ3n) is 6.13. The fraction of sp³-hybridized carbons (Fsp3) is 0.478. The Morgan fingerprint density at radius 1 is 0.724 bits per heavy atom. The minimum absolute atomic E-state index is 0.0255. The molecule has 0 amide bonds. The van der Waals surface area contributed by atoms with E-state index in [4.69, 9.17) is 0 Å². The maximum absolute atomic E-state index is 13.4. The number of likely N-dealkylation sites (tertiary alicyclic amines) is 1. The van der Waals surface area contributed by atoms with Gasteiger partial charge in [-0.1, -0.05) is 60.7 Å². The predicted molar refractivity (Wildman–Crippen MR) is 108 cm³/mol. The van der Waals surface area contributed by atoms with Crippen molar-refractivity contribution in [3.8, 4) is 0 Å². The first-order valence-electron chi connectivity index (χ1n) is 10.3. The molecule has 2 aliphatic rings. The van der Waals surface area contributed by atoms with Crippen molar-refractivity contribution >= 4 is 0 Å². The molecule has 0 saturated carbocycles. The topological polar surface area (TPSA) is 9.72 Å². The van der Waals surface area contributed by atoms with Crippen LogP contribution in [-0.4, -0.2) is 65.7 Å². The Labute approximate surface area is 170 Å². The summed E-state index contributed by atoms with van der Waals surface area (Å²) in [6.07, 6.45) is -3.94. The van der Waals surface area contributed by atoms with Gasteiger partial charge in [0.25, 0.3) is 0 Å². The van der Waals surface area contributed by atoms with Crippen molar-refractivity contribution in [1.29, 1.82) is 0 Å². The average molecular weight is 403 g/mol. The highest BCUT2D eigenvalue weighted by Crippen LogP contribution is 2.39. The molecule has 0 spiro atoms. The molecule has 2 heterocycles. The zero-order valence-corrected chi connectivity index (χ0v) is 16.6. The molecule has 0 unspecified atom stereocenters. The summed E-state index contributed by atoms with van der Waals surface area (Å²) in [7, 11) is 0. The van der Waals surface area contributed by atoms with E-state index in [-0.39, 0.29) is 12.5 Å². The van der Waals surface area contributed by atoms with Crippen molar-refractivity contribution in [2.24, 2.45) is 0 Å². The van der Waals surface area contributed by atoms with Gasteiger partial charge < -0.3 is 0 Å². The van der Waals surface area contributed by atoms with Crippen LogP contribution in [0, 0.1) is 0 Å². The number of halogens is 3. The summed E-state index contributed by atoms with van der Waals surface area (Å²) in [6, 6.07) is 18.6. The van der Waals surface area contributed by atoms with Crippen LogP contribution in [0.4, 0.5) is 13.2 Å². The summed E-state index contributed by atoms with van der Waals surface area (Å²) in [5.41, 5.74) is 2.25. The van der Waals surface area contributed by atoms with Crippen molar-refractivity contribution < 1.29 is 13.2 Å². The summed E-state index contributed by atoms with van der Waals surface area (Å²) in [4.78, 5) is 6.40. The van der Waals surface area contributed by atoms with Crippen LogP contribution >= 0.6 is 0 Å². The van der Waals surface area contributed by atoms with Crippen LogP contribution in [0.3, 0.4) is 0 Å². The third-order valence-corrected chi connectivity index (χ3v) is 6.13. The summed E-state index contributed by atoms with van der Waals surface area (Å²) >= 11 is 0. The van der Waals surface area contributed by atoms with E-state index in [1.165, 1.54) is 5.56 Å². The molecule has 0 aliphatic carbocycles. The Balaban J connectivity index is 1.30. The molecule has 2 atom stereocenters. The van der Waals surface area contributed by atoms with Gasteiger partial charge in [-0.2, -0.15) is 13.2 Å². The fourth-order valence-electron chi connectivity index (χ4n) is 4.45. The van der Waals surface area contributed by atoms with Gasteiger partial charge in [0.2, 0.25) is 0 Å². The van der Waals surface area contributed by atoms with E-state index in [9.17, 15) is 13.2 Å². The largest absolute Gasteiger partial charge is 0.404 e.